The van der Waals surface area contributed by atoms with Crippen molar-refractivity contribution in [2.24, 2.45) is 0 Å². The molecule has 0 amide bonds. The van der Waals surface area contributed by atoms with Gasteiger partial charge in [-0.05, 0) is 96.8 Å². The van der Waals surface area contributed by atoms with E-state index in [-0.39, 0.29) is 0 Å². The van der Waals surface area contributed by atoms with Crippen LogP contribution in [0.25, 0.3) is 0 Å². The molecule has 168 valence electrons. The average molecular weight is 439 g/mol. The van der Waals surface area contributed by atoms with Gasteiger partial charge in [0.15, 0.2) is 0 Å². The molecule has 0 N–H and O–H groups in total. The lowest BCUT2D eigenvalue weighted by molar-refractivity contribution is 0.464. The molecule has 0 aliphatic carbocycles. The molecule has 0 aliphatic heterocycles. The second-order valence-electron chi connectivity index (χ2n) is 8.04. The third kappa shape index (κ3) is 6.63. The van der Waals surface area contributed by atoms with Crippen LogP contribution in [0.1, 0.15) is 37.8 Å². The van der Waals surface area contributed by atoms with Gasteiger partial charge in [0.2, 0.25) is 0 Å². The van der Waals surface area contributed by atoms with Crippen LogP contribution in [0, 0.1) is 0 Å². The van der Waals surface area contributed by atoms with E-state index in [1.807, 2.05) is 72.8 Å². The smallest absolute Gasteiger partial charge is 0.127 e. The highest BCUT2D eigenvalue weighted by molar-refractivity contribution is 5.40. The Morgan fingerprint density at radius 2 is 0.576 bits per heavy atom. The lowest BCUT2D eigenvalue weighted by atomic mass is 10.1. The minimum Gasteiger partial charge on any atom is -0.457 e. The predicted molar refractivity (Wildman–Crippen MR) is 134 cm³/mol. The first-order chi connectivity index (χ1) is 16.2. The maximum absolute atomic E-state index is 5.96. The van der Waals surface area contributed by atoms with Crippen molar-refractivity contribution >= 4 is 0 Å². The molecule has 0 radical (unpaired) electrons. The minimum absolute atomic E-state index is 0.751. The van der Waals surface area contributed by atoms with Gasteiger partial charge in [-0.1, -0.05) is 51.0 Å². The van der Waals surface area contributed by atoms with Crippen molar-refractivity contribution in [1.82, 2.24) is 0 Å². The topological polar surface area (TPSA) is 27.7 Å². The number of aryl methyl sites for hydroxylation is 2. The molecule has 0 atom stereocenters. The first-order valence-corrected chi connectivity index (χ1v) is 11.6. The summed E-state index contributed by atoms with van der Waals surface area (Å²) < 4.78 is 17.8. The van der Waals surface area contributed by atoms with Gasteiger partial charge in [0.1, 0.15) is 34.5 Å². The summed E-state index contributed by atoms with van der Waals surface area (Å²) >= 11 is 0. The quantitative estimate of drug-likeness (QED) is 0.247. The standard InChI is InChI=1S/C30H30O3/c1-3-5-23-7-11-25(12-8-23)31-27-15-19-29(20-16-27)33-30-21-17-28(18-22-30)32-26-13-9-24(6-4-2)10-14-26/h7-22H,3-6H2,1-2H3. The van der Waals surface area contributed by atoms with Gasteiger partial charge >= 0.3 is 0 Å². The van der Waals surface area contributed by atoms with Gasteiger partial charge in [0, 0.05) is 0 Å². The molecule has 33 heavy (non-hydrogen) atoms. The predicted octanol–water partition coefficient (Wildman–Crippen LogP) is 8.97. The zero-order valence-corrected chi connectivity index (χ0v) is 19.3. The highest BCUT2D eigenvalue weighted by Gasteiger charge is 2.03. The van der Waals surface area contributed by atoms with E-state index in [0.29, 0.717) is 0 Å². The lowest BCUT2D eigenvalue weighted by Gasteiger charge is -2.10. The second-order valence-corrected chi connectivity index (χ2v) is 8.04. The molecule has 4 rings (SSSR count). The van der Waals surface area contributed by atoms with Crippen molar-refractivity contribution in [2.45, 2.75) is 39.5 Å². The zero-order valence-electron chi connectivity index (χ0n) is 19.3. The van der Waals surface area contributed by atoms with Crippen LogP contribution in [-0.4, -0.2) is 0 Å². The Hall–Kier alpha value is -3.72. The maximum atomic E-state index is 5.96. The van der Waals surface area contributed by atoms with Crippen molar-refractivity contribution < 1.29 is 14.2 Å². The fourth-order valence-corrected chi connectivity index (χ4v) is 3.59. The number of hydrogen-bond donors (Lipinski definition) is 0. The summed E-state index contributed by atoms with van der Waals surface area (Å²) in [5.74, 6) is 4.72. The average Bonchev–Trinajstić information content (AvgIpc) is 2.84. The van der Waals surface area contributed by atoms with E-state index in [4.69, 9.17) is 14.2 Å². The van der Waals surface area contributed by atoms with Crippen LogP contribution in [0.4, 0.5) is 0 Å². The summed E-state index contributed by atoms with van der Waals surface area (Å²) in [5.41, 5.74) is 2.66. The van der Waals surface area contributed by atoms with E-state index in [0.717, 1.165) is 60.2 Å². The van der Waals surface area contributed by atoms with Crippen molar-refractivity contribution in [3.8, 4) is 34.5 Å². The van der Waals surface area contributed by atoms with Gasteiger partial charge in [-0.25, -0.2) is 0 Å². The van der Waals surface area contributed by atoms with E-state index in [1.54, 1.807) is 0 Å². The minimum atomic E-state index is 0.751. The fourth-order valence-electron chi connectivity index (χ4n) is 3.59. The van der Waals surface area contributed by atoms with Gasteiger partial charge in [0.25, 0.3) is 0 Å². The third-order valence-corrected chi connectivity index (χ3v) is 5.28. The van der Waals surface area contributed by atoms with Crippen LogP contribution in [0.15, 0.2) is 97.1 Å². The molecule has 0 saturated carbocycles. The van der Waals surface area contributed by atoms with E-state index in [9.17, 15) is 0 Å². The summed E-state index contributed by atoms with van der Waals surface area (Å²) in [7, 11) is 0. The summed E-state index contributed by atoms with van der Waals surface area (Å²) in [4.78, 5) is 0. The first-order valence-electron chi connectivity index (χ1n) is 11.6. The molecule has 0 fully saturated rings. The number of benzene rings is 4. The van der Waals surface area contributed by atoms with Crippen molar-refractivity contribution in [3.63, 3.8) is 0 Å². The van der Waals surface area contributed by atoms with Crippen LogP contribution in [0.2, 0.25) is 0 Å². The van der Waals surface area contributed by atoms with Crippen LogP contribution >= 0.6 is 0 Å². The van der Waals surface area contributed by atoms with Crippen LogP contribution in [0.3, 0.4) is 0 Å². The maximum Gasteiger partial charge on any atom is 0.127 e. The van der Waals surface area contributed by atoms with Crippen molar-refractivity contribution in [2.75, 3.05) is 0 Å². The van der Waals surface area contributed by atoms with Gasteiger partial charge in [0.05, 0.1) is 0 Å². The summed E-state index contributed by atoms with van der Waals surface area (Å²) in [6.45, 7) is 4.37. The molecular formula is C30H30O3. The molecule has 0 bridgehead atoms. The number of hydrogen-bond acceptors (Lipinski definition) is 3. The Labute approximate surface area is 196 Å². The van der Waals surface area contributed by atoms with Gasteiger partial charge < -0.3 is 14.2 Å². The monoisotopic (exact) mass is 438 g/mol. The van der Waals surface area contributed by atoms with Gasteiger partial charge in [-0.2, -0.15) is 0 Å². The highest BCUT2D eigenvalue weighted by atomic mass is 16.5. The van der Waals surface area contributed by atoms with E-state index in [2.05, 4.69) is 38.1 Å². The molecule has 0 unspecified atom stereocenters. The SMILES string of the molecule is CCCc1ccc(Oc2ccc(Oc3ccc(Oc4ccc(CCC)cc4)cc3)cc2)cc1. The van der Waals surface area contributed by atoms with Gasteiger partial charge in [-0.3, -0.25) is 0 Å². The zero-order chi connectivity index (χ0) is 22.9. The molecule has 0 saturated heterocycles. The molecule has 0 aliphatic rings. The Balaban J connectivity index is 1.31. The number of ether oxygens (including phenoxy) is 3. The molecule has 3 heteroatoms. The Bertz CT molecular complexity index is 1020. The molecule has 4 aromatic rings. The number of rotatable bonds is 10. The van der Waals surface area contributed by atoms with E-state index >= 15 is 0 Å². The molecule has 0 heterocycles. The first kappa shape index (κ1) is 22.5. The second kappa shape index (κ2) is 11.2. The van der Waals surface area contributed by atoms with Crippen LogP contribution in [-0.2, 0) is 12.8 Å². The highest BCUT2D eigenvalue weighted by Crippen LogP contribution is 2.29. The Kier molecular flexibility index (Phi) is 7.65. The molecule has 0 spiro atoms. The van der Waals surface area contributed by atoms with Crippen LogP contribution in [0.5, 0.6) is 34.5 Å². The Morgan fingerprint density at radius 3 is 0.788 bits per heavy atom. The largest absolute Gasteiger partial charge is 0.457 e. The Morgan fingerprint density at radius 1 is 0.364 bits per heavy atom. The lowest BCUT2D eigenvalue weighted by Crippen LogP contribution is -1.88. The summed E-state index contributed by atoms with van der Waals surface area (Å²) in [6, 6.07) is 31.8. The van der Waals surface area contributed by atoms with Crippen molar-refractivity contribution in [1.29, 1.82) is 0 Å². The van der Waals surface area contributed by atoms with E-state index < -0.39 is 0 Å². The summed E-state index contributed by atoms with van der Waals surface area (Å²) in [5, 5.41) is 0. The van der Waals surface area contributed by atoms with E-state index in [1.165, 1.54) is 11.1 Å². The molecular weight excluding hydrogens is 408 g/mol. The summed E-state index contributed by atoms with van der Waals surface area (Å²) in [6.07, 6.45) is 4.46. The third-order valence-electron chi connectivity index (χ3n) is 5.28. The van der Waals surface area contributed by atoms with Gasteiger partial charge in [-0.15, -0.1) is 0 Å². The molecule has 0 aromatic heterocycles. The molecule has 3 nitrogen and oxygen atoms in total. The fraction of sp³-hybridized carbons (Fsp3) is 0.200. The normalized spacial score (nSPS) is 10.6. The molecule has 4 aromatic carbocycles. The van der Waals surface area contributed by atoms with Crippen LogP contribution < -0.4 is 14.2 Å². The van der Waals surface area contributed by atoms with Crippen molar-refractivity contribution in [3.05, 3.63) is 108 Å².